The average molecular weight is 276 g/mol. The van der Waals surface area contributed by atoms with Gasteiger partial charge in [-0.05, 0) is 19.8 Å². The SMILES string of the molecule is CC1CN(C2(CN)CCCC2S(C)(=O)=O)CCO1. The van der Waals surface area contributed by atoms with E-state index in [0.29, 0.717) is 13.2 Å². The summed E-state index contributed by atoms with van der Waals surface area (Å²) in [6, 6.07) is 0. The van der Waals surface area contributed by atoms with Gasteiger partial charge in [0.25, 0.3) is 0 Å². The highest BCUT2D eigenvalue weighted by Gasteiger charge is 2.51. The molecule has 2 aliphatic rings. The predicted molar refractivity (Wildman–Crippen MR) is 71.3 cm³/mol. The zero-order valence-electron chi connectivity index (χ0n) is 11.3. The van der Waals surface area contributed by atoms with Crippen LogP contribution in [0, 0.1) is 0 Å². The van der Waals surface area contributed by atoms with Crippen molar-refractivity contribution in [3.63, 3.8) is 0 Å². The molecule has 6 heteroatoms. The number of ether oxygens (including phenoxy) is 1. The first-order valence-corrected chi connectivity index (χ1v) is 8.61. The first kappa shape index (κ1) is 14.2. The highest BCUT2D eigenvalue weighted by molar-refractivity contribution is 7.91. The number of hydrogen-bond donors (Lipinski definition) is 1. The van der Waals surface area contributed by atoms with Crippen molar-refractivity contribution in [1.82, 2.24) is 4.90 Å². The van der Waals surface area contributed by atoms with Crippen LogP contribution >= 0.6 is 0 Å². The molecule has 2 N–H and O–H groups in total. The van der Waals surface area contributed by atoms with E-state index in [2.05, 4.69) is 4.90 Å². The first-order valence-electron chi connectivity index (χ1n) is 6.66. The molecule has 2 rings (SSSR count). The van der Waals surface area contributed by atoms with Crippen LogP contribution in [-0.4, -0.2) is 62.7 Å². The predicted octanol–water partition coefficient (Wildman–Crippen LogP) is 0.00170. The fourth-order valence-corrected chi connectivity index (χ4v) is 5.34. The summed E-state index contributed by atoms with van der Waals surface area (Å²) in [5.74, 6) is 0. The van der Waals surface area contributed by atoms with Crippen LogP contribution in [0.5, 0.6) is 0 Å². The van der Waals surface area contributed by atoms with E-state index in [1.54, 1.807) is 0 Å². The summed E-state index contributed by atoms with van der Waals surface area (Å²) < 4.78 is 29.6. The summed E-state index contributed by atoms with van der Waals surface area (Å²) in [6.07, 6.45) is 4.07. The van der Waals surface area contributed by atoms with E-state index >= 15 is 0 Å². The molecule has 3 atom stereocenters. The molecular weight excluding hydrogens is 252 g/mol. The fourth-order valence-electron chi connectivity index (χ4n) is 3.58. The molecule has 1 aliphatic carbocycles. The number of nitrogens with two attached hydrogens (primary N) is 1. The van der Waals surface area contributed by atoms with E-state index < -0.39 is 9.84 Å². The molecule has 18 heavy (non-hydrogen) atoms. The second kappa shape index (κ2) is 5.07. The lowest BCUT2D eigenvalue weighted by Crippen LogP contribution is -2.64. The van der Waals surface area contributed by atoms with Crippen LogP contribution < -0.4 is 5.73 Å². The molecule has 0 radical (unpaired) electrons. The van der Waals surface area contributed by atoms with Crippen molar-refractivity contribution < 1.29 is 13.2 Å². The maximum Gasteiger partial charge on any atom is 0.152 e. The van der Waals surface area contributed by atoms with Crippen molar-refractivity contribution >= 4 is 9.84 Å². The largest absolute Gasteiger partial charge is 0.376 e. The first-order chi connectivity index (χ1) is 8.40. The van der Waals surface area contributed by atoms with Gasteiger partial charge >= 0.3 is 0 Å². The van der Waals surface area contributed by atoms with Crippen LogP contribution in [0.15, 0.2) is 0 Å². The molecule has 5 nitrogen and oxygen atoms in total. The summed E-state index contributed by atoms with van der Waals surface area (Å²) in [7, 11) is -3.05. The zero-order chi connectivity index (χ0) is 13.4. The fraction of sp³-hybridized carbons (Fsp3) is 1.00. The molecular formula is C12H24N2O3S. The molecule has 1 saturated heterocycles. The zero-order valence-corrected chi connectivity index (χ0v) is 12.1. The van der Waals surface area contributed by atoms with Gasteiger partial charge in [-0.25, -0.2) is 8.42 Å². The molecule has 1 heterocycles. The van der Waals surface area contributed by atoms with Crippen LogP contribution in [0.2, 0.25) is 0 Å². The molecule has 1 aliphatic heterocycles. The number of nitrogens with zero attached hydrogens (tertiary/aromatic N) is 1. The van der Waals surface area contributed by atoms with E-state index in [1.807, 2.05) is 6.92 Å². The Labute approximate surface area is 110 Å². The van der Waals surface area contributed by atoms with Gasteiger partial charge in [0.05, 0.1) is 23.5 Å². The molecule has 3 unspecified atom stereocenters. The van der Waals surface area contributed by atoms with Crippen LogP contribution in [-0.2, 0) is 14.6 Å². The molecule has 0 aromatic rings. The molecule has 2 fully saturated rings. The molecule has 0 amide bonds. The van der Waals surface area contributed by atoms with E-state index in [9.17, 15) is 8.42 Å². The Bertz CT molecular complexity index is 398. The normalized spacial score (nSPS) is 39.1. The molecule has 0 spiro atoms. The standard InChI is InChI=1S/C12H24N2O3S/c1-10-8-14(6-7-17-10)12(9-13)5-3-4-11(12)18(2,15)16/h10-11H,3-9,13H2,1-2H3. The van der Waals surface area contributed by atoms with Crippen molar-refractivity contribution in [1.29, 1.82) is 0 Å². The van der Waals surface area contributed by atoms with Gasteiger partial charge in [0, 0.05) is 25.9 Å². The van der Waals surface area contributed by atoms with Crippen LogP contribution in [0.1, 0.15) is 26.2 Å². The third-order valence-corrected chi connectivity index (χ3v) is 6.12. The van der Waals surface area contributed by atoms with Crippen molar-refractivity contribution in [2.45, 2.75) is 43.1 Å². The molecule has 0 bridgehead atoms. The van der Waals surface area contributed by atoms with Gasteiger partial charge in [-0.15, -0.1) is 0 Å². The molecule has 0 aromatic heterocycles. The molecule has 106 valence electrons. The number of hydrogen-bond acceptors (Lipinski definition) is 5. The smallest absolute Gasteiger partial charge is 0.152 e. The third kappa shape index (κ3) is 2.43. The third-order valence-electron chi connectivity index (χ3n) is 4.42. The van der Waals surface area contributed by atoms with E-state index in [4.69, 9.17) is 10.5 Å². The Morgan fingerprint density at radius 3 is 2.78 bits per heavy atom. The summed E-state index contributed by atoms with van der Waals surface area (Å²) in [5.41, 5.74) is 5.62. The second-order valence-electron chi connectivity index (χ2n) is 5.65. The monoisotopic (exact) mass is 276 g/mol. The Kier molecular flexibility index (Phi) is 4.02. The Balaban J connectivity index is 2.29. The maximum atomic E-state index is 12.0. The number of rotatable bonds is 3. The van der Waals surface area contributed by atoms with E-state index in [0.717, 1.165) is 32.4 Å². The van der Waals surface area contributed by atoms with Gasteiger partial charge in [0.15, 0.2) is 9.84 Å². The van der Waals surface area contributed by atoms with Gasteiger partial charge in [0.1, 0.15) is 0 Å². The van der Waals surface area contributed by atoms with Crippen LogP contribution in [0.3, 0.4) is 0 Å². The Hall–Kier alpha value is -0.170. The van der Waals surface area contributed by atoms with Gasteiger partial charge in [-0.2, -0.15) is 0 Å². The van der Waals surface area contributed by atoms with Gasteiger partial charge in [-0.1, -0.05) is 6.42 Å². The van der Waals surface area contributed by atoms with Crippen molar-refractivity contribution in [3.8, 4) is 0 Å². The van der Waals surface area contributed by atoms with Crippen molar-refractivity contribution in [2.24, 2.45) is 5.73 Å². The average Bonchev–Trinajstić information content (AvgIpc) is 2.73. The summed E-state index contributed by atoms with van der Waals surface area (Å²) >= 11 is 0. The summed E-state index contributed by atoms with van der Waals surface area (Å²) in [5, 5.41) is -0.319. The van der Waals surface area contributed by atoms with Crippen molar-refractivity contribution in [2.75, 3.05) is 32.5 Å². The number of sulfone groups is 1. The minimum Gasteiger partial charge on any atom is -0.376 e. The van der Waals surface area contributed by atoms with Crippen LogP contribution in [0.25, 0.3) is 0 Å². The topological polar surface area (TPSA) is 72.6 Å². The minimum absolute atomic E-state index is 0.156. The Morgan fingerprint density at radius 1 is 1.50 bits per heavy atom. The Morgan fingerprint density at radius 2 is 2.22 bits per heavy atom. The van der Waals surface area contributed by atoms with Crippen LogP contribution in [0.4, 0.5) is 0 Å². The quantitative estimate of drug-likeness (QED) is 0.785. The van der Waals surface area contributed by atoms with Gasteiger partial charge in [0.2, 0.25) is 0 Å². The lowest BCUT2D eigenvalue weighted by molar-refractivity contribution is -0.0582. The van der Waals surface area contributed by atoms with Gasteiger partial charge < -0.3 is 10.5 Å². The van der Waals surface area contributed by atoms with E-state index in [-0.39, 0.29) is 16.9 Å². The summed E-state index contributed by atoms with van der Waals surface area (Å²) in [4.78, 5) is 2.26. The highest BCUT2D eigenvalue weighted by Crippen LogP contribution is 2.39. The lowest BCUT2D eigenvalue weighted by Gasteiger charge is -2.47. The lowest BCUT2D eigenvalue weighted by atomic mass is 9.93. The minimum atomic E-state index is -3.05. The van der Waals surface area contributed by atoms with Gasteiger partial charge in [-0.3, -0.25) is 4.90 Å². The maximum absolute atomic E-state index is 12.0. The van der Waals surface area contributed by atoms with E-state index in [1.165, 1.54) is 6.26 Å². The highest BCUT2D eigenvalue weighted by atomic mass is 32.2. The molecule has 1 saturated carbocycles. The second-order valence-corrected chi connectivity index (χ2v) is 7.87. The molecule has 0 aromatic carbocycles. The van der Waals surface area contributed by atoms with Crippen molar-refractivity contribution in [3.05, 3.63) is 0 Å². The number of morpholine rings is 1. The summed E-state index contributed by atoms with van der Waals surface area (Å²) in [6.45, 7) is 4.68.